The van der Waals surface area contributed by atoms with Crippen LogP contribution < -0.4 is 5.73 Å². The molecule has 0 heterocycles. The maximum absolute atomic E-state index is 9.11. The van der Waals surface area contributed by atoms with Gasteiger partial charge in [-0.05, 0) is 45.3 Å². The van der Waals surface area contributed by atoms with Crippen molar-refractivity contribution in [1.82, 2.24) is 0 Å². The Morgan fingerprint density at radius 3 is 2.05 bits per heavy atom. The molecule has 0 unspecified atom stereocenters. The second-order valence-electron chi connectivity index (χ2n) is 4.60. The van der Waals surface area contributed by atoms with E-state index in [0.717, 1.165) is 10.9 Å². The fourth-order valence-electron chi connectivity index (χ4n) is 2.29. The molecule has 0 radical (unpaired) electrons. The average Bonchev–Trinajstić information content (AvgIpc) is 2.43. The largest absolute Gasteiger partial charge is 0.394 e. The van der Waals surface area contributed by atoms with Crippen LogP contribution in [0.25, 0.3) is 21.5 Å². The number of fused-ring (bicyclic) bond motifs is 2. The van der Waals surface area contributed by atoms with E-state index in [1.165, 1.54) is 16.2 Å². The Morgan fingerprint density at radius 2 is 1.42 bits per heavy atom. The second-order valence-corrected chi connectivity index (χ2v) is 4.60. The molecule has 0 amide bonds. The summed E-state index contributed by atoms with van der Waals surface area (Å²) in [6.45, 7) is -0.0287. The minimum absolute atomic E-state index is 0. The molecule has 3 aromatic rings. The van der Waals surface area contributed by atoms with Crippen LogP contribution in [0.3, 0.4) is 0 Å². The zero-order valence-electron chi connectivity index (χ0n) is 10.4. The number of aliphatic hydroxyl groups excluding tert-OH is 1. The predicted octanol–water partition coefficient (Wildman–Crippen LogP) is 3.41. The van der Waals surface area contributed by atoms with E-state index in [2.05, 4.69) is 36.4 Å². The molecule has 0 saturated heterocycles. The van der Waals surface area contributed by atoms with Crippen LogP contribution in [0.4, 0.5) is 0 Å². The minimum Gasteiger partial charge on any atom is -0.394 e. The highest BCUT2D eigenvalue weighted by atomic mass is 35.5. The van der Waals surface area contributed by atoms with E-state index in [9.17, 15) is 0 Å². The normalized spacial score (nSPS) is 12.3. The van der Waals surface area contributed by atoms with Gasteiger partial charge in [0.25, 0.3) is 0 Å². The molecule has 19 heavy (non-hydrogen) atoms. The van der Waals surface area contributed by atoms with Gasteiger partial charge in [0.05, 0.1) is 12.6 Å². The van der Waals surface area contributed by atoms with E-state index < -0.39 is 0 Å². The standard InChI is InChI=1S/C16H15NO.ClH/c17-16(10-18)14-6-5-13-7-11-3-1-2-4-12(11)8-15(13)9-14;/h1-9,16,18H,10,17H2;1H/t16-;/m0./s1. The quantitative estimate of drug-likeness (QED) is 0.703. The highest BCUT2D eigenvalue weighted by Crippen LogP contribution is 2.25. The maximum atomic E-state index is 9.11. The van der Waals surface area contributed by atoms with Gasteiger partial charge in [-0.3, -0.25) is 0 Å². The van der Waals surface area contributed by atoms with Crippen LogP contribution >= 0.6 is 12.4 Å². The fraction of sp³-hybridized carbons (Fsp3) is 0.125. The van der Waals surface area contributed by atoms with Gasteiger partial charge in [0.15, 0.2) is 0 Å². The number of aliphatic hydroxyl groups is 1. The monoisotopic (exact) mass is 273 g/mol. The van der Waals surface area contributed by atoms with Crippen LogP contribution in [0.1, 0.15) is 11.6 Å². The summed E-state index contributed by atoms with van der Waals surface area (Å²) in [4.78, 5) is 0. The number of hydrogen-bond acceptors (Lipinski definition) is 2. The van der Waals surface area contributed by atoms with Crippen molar-refractivity contribution >= 4 is 34.0 Å². The third-order valence-corrected chi connectivity index (χ3v) is 3.35. The summed E-state index contributed by atoms with van der Waals surface area (Å²) in [6, 6.07) is 18.4. The molecule has 0 aliphatic rings. The first-order valence-electron chi connectivity index (χ1n) is 6.07. The molecule has 3 heteroatoms. The van der Waals surface area contributed by atoms with E-state index in [4.69, 9.17) is 10.8 Å². The molecule has 0 bridgehead atoms. The van der Waals surface area contributed by atoms with E-state index >= 15 is 0 Å². The van der Waals surface area contributed by atoms with Gasteiger partial charge in [0.1, 0.15) is 0 Å². The van der Waals surface area contributed by atoms with Crippen molar-refractivity contribution in [2.24, 2.45) is 5.73 Å². The van der Waals surface area contributed by atoms with Gasteiger partial charge in [0, 0.05) is 0 Å². The molecule has 98 valence electrons. The Hall–Kier alpha value is -1.61. The molecule has 0 aromatic heterocycles. The Labute approximate surface area is 118 Å². The molecule has 3 aromatic carbocycles. The Bertz CT molecular complexity index is 711. The number of nitrogens with two attached hydrogens (primary N) is 1. The number of halogens is 1. The van der Waals surface area contributed by atoms with Gasteiger partial charge in [-0.15, -0.1) is 12.4 Å². The molecule has 2 nitrogen and oxygen atoms in total. The molecule has 1 atom stereocenters. The molecular weight excluding hydrogens is 258 g/mol. The van der Waals surface area contributed by atoms with Crippen molar-refractivity contribution in [3.63, 3.8) is 0 Å². The summed E-state index contributed by atoms with van der Waals surface area (Å²) in [6.07, 6.45) is 0. The lowest BCUT2D eigenvalue weighted by molar-refractivity contribution is 0.268. The summed E-state index contributed by atoms with van der Waals surface area (Å²) in [5.41, 5.74) is 6.82. The highest BCUT2D eigenvalue weighted by Gasteiger charge is 2.05. The molecule has 0 aliphatic carbocycles. The van der Waals surface area contributed by atoms with Crippen LogP contribution in [0, 0.1) is 0 Å². The van der Waals surface area contributed by atoms with Gasteiger partial charge < -0.3 is 10.8 Å². The first-order chi connectivity index (χ1) is 8.78. The number of rotatable bonds is 2. The van der Waals surface area contributed by atoms with Crippen molar-refractivity contribution < 1.29 is 5.11 Å². The van der Waals surface area contributed by atoms with Crippen LogP contribution in [0.5, 0.6) is 0 Å². The molecule has 0 fully saturated rings. The summed E-state index contributed by atoms with van der Waals surface area (Å²) in [5, 5.41) is 13.9. The summed E-state index contributed by atoms with van der Waals surface area (Å²) >= 11 is 0. The van der Waals surface area contributed by atoms with Gasteiger partial charge in [0.2, 0.25) is 0 Å². The zero-order valence-corrected chi connectivity index (χ0v) is 11.2. The van der Waals surface area contributed by atoms with Crippen LogP contribution in [-0.2, 0) is 0 Å². The molecule has 3 rings (SSSR count). The van der Waals surface area contributed by atoms with E-state index in [1.807, 2.05) is 18.2 Å². The lowest BCUT2D eigenvalue weighted by Crippen LogP contribution is -2.14. The highest BCUT2D eigenvalue weighted by molar-refractivity contribution is 5.98. The summed E-state index contributed by atoms with van der Waals surface area (Å²) in [7, 11) is 0. The van der Waals surface area contributed by atoms with Gasteiger partial charge in [-0.2, -0.15) is 0 Å². The Morgan fingerprint density at radius 1 is 0.842 bits per heavy atom. The SMILES string of the molecule is Cl.N[C@@H](CO)c1ccc2cc3ccccc3cc2c1. The first-order valence-corrected chi connectivity index (χ1v) is 6.07. The smallest absolute Gasteiger partial charge is 0.0624 e. The third-order valence-electron chi connectivity index (χ3n) is 3.35. The van der Waals surface area contributed by atoms with Crippen molar-refractivity contribution in [3.05, 3.63) is 60.2 Å². The van der Waals surface area contributed by atoms with Crippen LogP contribution in [0.15, 0.2) is 54.6 Å². The van der Waals surface area contributed by atoms with Gasteiger partial charge in [-0.1, -0.05) is 36.4 Å². The molecule has 3 N–H and O–H groups in total. The Kier molecular flexibility index (Phi) is 4.05. The Balaban J connectivity index is 0.00000133. The second kappa shape index (κ2) is 5.57. The topological polar surface area (TPSA) is 46.2 Å². The molecule has 0 aliphatic heterocycles. The van der Waals surface area contributed by atoms with Crippen LogP contribution in [0.2, 0.25) is 0 Å². The van der Waals surface area contributed by atoms with Gasteiger partial charge >= 0.3 is 0 Å². The number of benzene rings is 3. The minimum atomic E-state index is -0.305. The average molecular weight is 274 g/mol. The first kappa shape index (κ1) is 13.8. The summed E-state index contributed by atoms with van der Waals surface area (Å²) in [5.74, 6) is 0. The van der Waals surface area contributed by atoms with Crippen molar-refractivity contribution in [1.29, 1.82) is 0 Å². The van der Waals surface area contributed by atoms with Crippen molar-refractivity contribution in [2.75, 3.05) is 6.61 Å². The third kappa shape index (κ3) is 2.56. The molecule has 0 spiro atoms. The fourth-order valence-corrected chi connectivity index (χ4v) is 2.29. The van der Waals surface area contributed by atoms with Crippen molar-refractivity contribution in [3.8, 4) is 0 Å². The van der Waals surface area contributed by atoms with Crippen LogP contribution in [-0.4, -0.2) is 11.7 Å². The summed E-state index contributed by atoms with van der Waals surface area (Å²) < 4.78 is 0. The zero-order chi connectivity index (χ0) is 12.5. The molecule has 0 saturated carbocycles. The van der Waals surface area contributed by atoms with E-state index in [0.29, 0.717) is 0 Å². The lowest BCUT2D eigenvalue weighted by atomic mass is 9.99. The van der Waals surface area contributed by atoms with Crippen molar-refractivity contribution in [2.45, 2.75) is 6.04 Å². The maximum Gasteiger partial charge on any atom is 0.0624 e. The predicted molar refractivity (Wildman–Crippen MR) is 82.7 cm³/mol. The van der Waals surface area contributed by atoms with E-state index in [1.54, 1.807) is 0 Å². The van der Waals surface area contributed by atoms with E-state index in [-0.39, 0.29) is 25.1 Å². The molecular formula is C16H16ClNO. The lowest BCUT2D eigenvalue weighted by Gasteiger charge is -2.10. The number of hydrogen-bond donors (Lipinski definition) is 2. The van der Waals surface area contributed by atoms with Gasteiger partial charge in [-0.25, -0.2) is 0 Å².